The molecule has 2 rings (SSSR count). The topological polar surface area (TPSA) is 87.1 Å². The van der Waals surface area contributed by atoms with Gasteiger partial charge in [0.1, 0.15) is 6.04 Å². The average Bonchev–Trinajstić information content (AvgIpc) is 3.32. The predicted molar refractivity (Wildman–Crippen MR) is 79.8 cm³/mol. The molecular weight excluding hydrogens is 268 g/mol. The van der Waals surface area contributed by atoms with Crippen molar-refractivity contribution in [2.24, 2.45) is 5.11 Å². The maximum atomic E-state index is 12.1. The van der Waals surface area contributed by atoms with E-state index in [4.69, 9.17) is 10.3 Å². The lowest BCUT2D eigenvalue weighted by molar-refractivity contribution is -0.145. The van der Waals surface area contributed by atoms with Gasteiger partial charge < -0.3 is 10.1 Å². The van der Waals surface area contributed by atoms with Gasteiger partial charge in [-0.05, 0) is 42.3 Å². The molecule has 0 amide bonds. The van der Waals surface area contributed by atoms with Crippen molar-refractivity contribution in [3.05, 3.63) is 45.8 Å². The Morgan fingerprint density at radius 1 is 1.48 bits per heavy atom. The summed E-state index contributed by atoms with van der Waals surface area (Å²) in [7, 11) is 0. The van der Waals surface area contributed by atoms with Crippen molar-refractivity contribution >= 4 is 5.97 Å². The number of hydrogen-bond acceptors (Lipinski definition) is 4. The van der Waals surface area contributed by atoms with Gasteiger partial charge in [0.15, 0.2) is 0 Å². The van der Waals surface area contributed by atoms with Gasteiger partial charge in [0.05, 0.1) is 6.61 Å². The number of nitrogens with zero attached hydrogens (tertiary/aromatic N) is 3. The van der Waals surface area contributed by atoms with Gasteiger partial charge >= 0.3 is 5.97 Å². The third-order valence-electron chi connectivity index (χ3n) is 3.46. The van der Waals surface area contributed by atoms with Gasteiger partial charge in [-0.15, -0.1) is 0 Å². The van der Waals surface area contributed by atoms with Crippen molar-refractivity contribution in [3.8, 4) is 0 Å². The monoisotopic (exact) mass is 288 g/mol. The molecule has 0 heterocycles. The Morgan fingerprint density at radius 3 is 2.76 bits per heavy atom. The van der Waals surface area contributed by atoms with E-state index in [1.54, 1.807) is 6.92 Å². The molecule has 0 spiro atoms. The van der Waals surface area contributed by atoms with Crippen LogP contribution in [0.4, 0.5) is 0 Å². The summed E-state index contributed by atoms with van der Waals surface area (Å²) in [6.07, 6.45) is 2.51. The second-order valence-corrected chi connectivity index (χ2v) is 5.03. The molecule has 1 atom stereocenters. The first-order valence-electron chi connectivity index (χ1n) is 7.27. The molecule has 1 N–H and O–H groups in total. The van der Waals surface area contributed by atoms with Crippen molar-refractivity contribution in [2.45, 2.75) is 31.7 Å². The Balaban J connectivity index is 2.04. The highest BCUT2D eigenvalue weighted by Crippen LogP contribution is 2.40. The number of ether oxygens (including phenoxy) is 1. The highest BCUT2D eigenvalue weighted by molar-refractivity contribution is 5.77. The summed E-state index contributed by atoms with van der Waals surface area (Å²) in [4.78, 5) is 14.7. The molecule has 1 unspecified atom stereocenters. The van der Waals surface area contributed by atoms with Crippen LogP contribution in [0.5, 0.6) is 0 Å². The van der Waals surface area contributed by atoms with E-state index in [0.29, 0.717) is 25.6 Å². The summed E-state index contributed by atoms with van der Waals surface area (Å²) in [5.74, 6) is 0.385. The molecule has 0 saturated heterocycles. The number of rotatable bonds is 8. The quantitative estimate of drug-likeness (QED) is 0.262. The fourth-order valence-electron chi connectivity index (χ4n) is 2.24. The number of carbonyl (C=O) groups excluding carboxylic acids is 1. The van der Waals surface area contributed by atoms with Crippen molar-refractivity contribution < 1.29 is 9.53 Å². The first kappa shape index (κ1) is 15.4. The first-order chi connectivity index (χ1) is 10.3. The predicted octanol–water partition coefficient (Wildman–Crippen LogP) is 3.07. The van der Waals surface area contributed by atoms with E-state index >= 15 is 0 Å². The number of hydrogen-bond donors (Lipinski definition) is 1. The summed E-state index contributed by atoms with van der Waals surface area (Å²) in [6, 6.07) is 7.57. The van der Waals surface area contributed by atoms with E-state index in [2.05, 4.69) is 27.5 Å². The number of benzene rings is 1. The van der Waals surface area contributed by atoms with E-state index in [9.17, 15) is 4.79 Å². The SMILES string of the molecule is CCOC(=O)C(NCCN=[N+]=[N-])c1ccc(C2CC2)cc1. The standard InChI is InChI=1S/C15H20N4O2/c1-2-21-15(20)14(17-9-10-18-19-16)13-7-5-12(6-8-13)11-3-4-11/h5-8,11,14,17H,2-4,9-10H2,1H3. The molecule has 1 aliphatic carbocycles. The molecule has 6 heteroatoms. The summed E-state index contributed by atoms with van der Waals surface area (Å²) in [5, 5.41) is 6.53. The molecule has 1 aromatic rings. The van der Waals surface area contributed by atoms with Gasteiger partial charge in [0.2, 0.25) is 0 Å². The first-order valence-corrected chi connectivity index (χ1v) is 7.27. The van der Waals surface area contributed by atoms with Gasteiger partial charge in [-0.25, -0.2) is 4.79 Å². The molecule has 6 nitrogen and oxygen atoms in total. The van der Waals surface area contributed by atoms with Crippen molar-refractivity contribution in [1.82, 2.24) is 5.32 Å². The van der Waals surface area contributed by atoms with Crippen LogP contribution in [0, 0.1) is 0 Å². The lowest BCUT2D eigenvalue weighted by Crippen LogP contribution is -2.32. The minimum Gasteiger partial charge on any atom is -0.465 e. The van der Waals surface area contributed by atoms with Crippen molar-refractivity contribution in [2.75, 3.05) is 19.7 Å². The van der Waals surface area contributed by atoms with Crippen molar-refractivity contribution in [3.63, 3.8) is 0 Å². The molecular formula is C15H20N4O2. The maximum Gasteiger partial charge on any atom is 0.327 e. The van der Waals surface area contributed by atoms with Crippen LogP contribution in [0.25, 0.3) is 10.4 Å². The van der Waals surface area contributed by atoms with E-state index < -0.39 is 6.04 Å². The second kappa shape index (κ2) is 7.67. The minimum atomic E-state index is -0.521. The van der Waals surface area contributed by atoms with Crippen molar-refractivity contribution in [1.29, 1.82) is 0 Å². The van der Waals surface area contributed by atoms with E-state index in [-0.39, 0.29) is 5.97 Å². The summed E-state index contributed by atoms with van der Waals surface area (Å²) in [6.45, 7) is 2.85. The number of esters is 1. The number of carbonyl (C=O) groups is 1. The van der Waals surface area contributed by atoms with Crippen LogP contribution in [0.3, 0.4) is 0 Å². The zero-order chi connectivity index (χ0) is 15.1. The Hall–Kier alpha value is -2.04. The summed E-state index contributed by atoms with van der Waals surface area (Å²) >= 11 is 0. The van der Waals surface area contributed by atoms with Gasteiger partial charge in [0.25, 0.3) is 0 Å². The van der Waals surface area contributed by atoms with Gasteiger partial charge in [0, 0.05) is 18.0 Å². The van der Waals surface area contributed by atoms with Crippen LogP contribution >= 0.6 is 0 Å². The molecule has 1 aliphatic rings. The Labute approximate surface area is 124 Å². The van der Waals surface area contributed by atoms with Crippen LogP contribution in [0.1, 0.15) is 42.9 Å². The van der Waals surface area contributed by atoms with E-state index in [1.165, 1.54) is 18.4 Å². The third-order valence-corrected chi connectivity index (χ3v) is 3.46. The van der Waals surface area contributed by atoms with Crippen LogP contribution in [-0.4, -0.2) is 25.7 Å². The average molecular weight is 288 g/mol. The molecule has 112 valence electrons. The number of nitrogens with one attached hydrogen (secondary N) is 1. The van der Waals surface area contributed by atoms with Crippen LogP contribution in [0.15, 0.2) is 29.4 Å². The second-order valence-electron chi connectivity index (χ2n) is 5.03. The Kier molecular flexibility index (Phi) is 5.60. The lowest BCUT2D eigenvalue weighted by atomic mass is 10.0. The minimum absolute atomic E-state index is 0.298. The highest BCUT2D eigenvalue weighted by Gasteiger charge is 2.25. The van der Waals surface area contributed by atoms with Crippen LogP contribution < -0.4 is 5.32 Å². The van der Waals surface area contributed by atoms with Gasteiger partial charge in [-0.2, -0.15) is 0 Å². The Morgan fingerprint density at radius 2 is 2.19 bits per heavy atom. The van der Waals surface area contributed by atoms with Crippen LogP contribution in [0.2, 0.25) is 0 Å². The zero-order valence-corrected chi connectivity index (χ0v) is 12.2. The molecule has 1 fully saturated rings. The third kappa shape index (κ3) is 4.48. The molecule has 0 radical (unpaired) electrons. The zero-order valence-electron chi connectivity index (χ0n) is 12.2. The van der Waals surface area contributed by atoms with E-state index in [1.807, 2.05) is 12.1 Å². The van der Waals surface area contributed by atoms with Gasteiger partial charge in [-0.3, -0.25) is 0 Å². The highest BCUT2D eigenvalue weighted by atomic mass is 16.5. The molecule has 21 heavy (non-hydrogen) atoms. The molecule has 0 bridgehead atoms. The summed E-state index contributed by atoms with van der Waals surface area (Å²) < 4.78 is 5.10. The molecule has 1 aromatic carbocycles. The number of azide groups is 1. The maximum absolute atomic E-state index is 12.1. The lowest BCUT2D eigenvalue weighted by Gasteiger charge is -2.17. The van der Waals surface area contributed by atoms with Gasteiger partial charge in [-0.1, -0.05) is 29.4 Å². The van der Waals surface area contributed by atoms with Crippen LogP contribution in [-0.2, 0) is 9.53 Å². The largest absolute Gasteiger partial charge is 0.465 e. The fourth-order valence-corrected chi connectivity index (χ4v) is 2.24. The van der Waals surface area contributed by atoms with E-state index in [0.717, 1.165) is 5.56 Å². The fraction of sp³-hybridized carbons (Fsp3) is 0.533. The molecule has 1 saturated carbocycles. The smallest absolute Gasteiger partial charge is 0.327 e. The summed E-state index contributed by atoms with van der Waals surface area (Å²) in [5.41, 5.74) is 10.5. The Bertz CT molecular complexity index is 519. The molecule has 0 aliphatic heterocycles. The normalized spacial score (nSPS) is 15.1. The molecule has 0 aromatic heterocycles.